The highest BCUT2D eigenvalue weighted by molar-refractivity contribution is 5.91. The Morgan fingerprint density at radius 2 is 1.85 bits per heavy atom. The van der Waals surface area contributed by atoms with E-state index in [1.165, 1.54) is 10.9 Å². The minimum absolute atomic E-state index is 0.0142. The van der Waals surface area contributed by atoms with Crippen LogP contribution in [0.2, 0.25) is 0 Å². The van der Waals surface area contributed by atoms with Gasteiger partial charge in [0.15, 0.2) is 5.69 Å². The summed E-state index contributed by atoms with van der Waals surface area (Å²) in [6.07, 6.45) is 3.61. The molecular formula is C18H24N6O2. The Balaban J connectivity index is 1.52. The molecule has 8 nitrogen and oxygen atoms in total. The predicted molar refractivity (Wildman–Crippen MR) is 97.8 cm³/mol. The molecule has 0 saturated carbocycles. The minimum atomic E-state index is -0.304. The average molecular weight is 356 g/mol. The highest BCUT2D eigenvalue weighted by Gasteiger charge is 2.19. The van der Waals surface area contributed by atoms with E-state index in [1.807, 2.05) is 48.2 Å². The number of hydrogen-bond donors (Lipinski definition) is 1. The Morgan fingerprint density at radius 1 is 1.15 bits per heavy atom. The van der Waals surface area contributed by atoms with Crippen molar-refractivity contribution in [1.82, 2.24) is 25.2 Å². The lowest BCUT2D eigenvalue weighted by molar-refractivity contribution is -0.130. The first kappa shape index (κ1) is 17.9. The van der Waals surface area contributed by atoms with Gasteiger partial charge >= 0.3 is 0 Å². The van der Waals surface area contributed by atoms with E-state index in [9.17, 15) is 9.59 Å². The van der Waals surface area contributed by atoms with Crippen LogP contribution in [0.4, 0.5) is 5.69 Å². The van der Waals surface area contributed by atoms with Crippen molar-refractivity contribution in [3.63, 3.8) is 0 Å². The van der Waals surface area contributed by atoms with Crippen LogP contribution in [0.5, 0.6) is 0 Å². The number of likely N-dealkylation sites (tertiary alicyclic amines) is 1. The molecule has 0 unspecified atom stereocenters. The standard InChI is InChI=1S/C18H24N6O2/c1-22(2)15-7-5-14(6-8-15)11-19-18(26)16-12-24(21-20-16)13-17(25)23-9-3-4-10-23/h5-8,12H,3-4,9-11,13H2,1-2H3,(H,19,26). The van der Waals surface area contributed by atoms with Gasteiger partial charge in [0, 0.05) is 39.4 Å². The molecule has 0 spiro atoms. The van der Waals surface area contributed by atoms with E-state index in [1.54, 1.807) is 0 Å². The van der Waals surface area contributed by atoms with Crippen molar-refractivity contribution in [2.75, 3.05) is 32.1 Å². The van der Waals surface area contributed by atoms with Gasteiger partial charge in [0.1, 0.15) is 6.54 Å². The molecular weight excluding hydrogens is 332 g/mol. The fourth-order valence-electron chi connectivity index (χ4n) is 2.87. The van der Waals surface area contributed by atoms with Gasteiger partial charge in [-0.2, -0.15) is 0 Å². The lowest BCUT2D eigenvalue weighted by Crippen LogP contribution is -2.31. The second-order valence-corrected chi connectivity index (χ2v) is 6.63. The molecule has 1 aromatic heterocycles. The SMILES string of the molecule is CN(C)c1ccc(CNC(=O)c2cn(CC(=O)N3CCCC3)nn2)cc1. The first-order valence-corrected chi connectivity index (χ1v) is 8.75. The van der Waals surface area contributed by atoms with Crippen molar-refractivity contribution in [3.8, 4) is 0 Å². The Morgan fingerprint density at radius 3 is 2.50 bits per heavy atom. The van der Waals surface area contributed by atoms with Gasteiger partial charge in [-0.05, 0) is 30.5 Å². The zero-order valence-electron chi connectivity index (χ0n) is 15.2. The Kier molecular flexibility index (Phi) is 5.50. The van der Waals surface area contributed by atoms with E-state index in [-0.39, 0.29) is 24.1 Å². The molecule has 1 fully saturated rings. The van der Waals surface area contributed by atoms with E-state index in [0.717, 1.165) is 37.2 Å². The van der Waals surface area contributed by atoms with Crippen LogP contribution in [0.3, 0.4) is 0 Å². The molecule has 2 aromatic rings. The third-order valence-corrected chi connectivity index (χ3v) is 4.43. The Labute approximate surface area is 152 Å². The van der Waals surface area contributed by atoms with Gasteiger partial charge in [0.25, 0.3) is 5.91 Å². The van der Waals surface area contributed by atoms with Crippen LogP contribution in [0.25, 0.3) is 0 Å². The van der Waals surface area contributed by atoms with Crippen molar-refractivity contribution >= 4 is 17.5 Å². The number of rotatable bonds is 6. The summed E-state index contributed by atoms with van der Waals surface area (Å²) >= 11 is 0. The van der Waals surface area contributed by atoms with Crippen LogP contribution in [-0.4, -0.2) is 58.9 Å². The largest absolute Gasteiger partial charge is 0.378 e. The summed E-state index contributed by atoms with van der Waals surface area (Å²) < 4.78 is 1.42. The molecule has 1 saturated heterocycles. The fraction of sp³-hybridized carbons (Fsp3) is 0.444. The maximum absolute atomic E-state index is 12.2. The summed E-state index contributed by atoms with van der Waals surface area (Å²) in [5, 5.41) is 10.6. The molecule has 1 aromatic carbocycles. The first-order valence-electron chi connectivity index (χ1n) is 8.75. The van der Waals surface area contributed by atoms with E-state index in [0.29, 0.717) is 6.54 Å². The van der Waals surface area contributed by atoms with Gasteiger partial charge in [-0.25, -0.2) is 4.68 Å². The summed E-state index contributed by atoms with van der Waals surface area (Å²) in [7, 11) is 3.96. The van der Waals surface area contributed by atoms with E-state index in [2.05, 4.69) is 15.6 Å². The van der Waals surface area contributed by atoms with Crippen LogP contribution in [0, 0.1) is 0 Å². The van der Waals surface area contributed by atoms with E-state index < -0.39 is 0 Å². The molecule has 1 aliphatic heterocycles. The normalized spacial score (nSPS) is 13.7. The Bertz CT molecular complexity index is 762. The lowest BCUT2D eigenvalue weighted by Gasteiger charge is -2.14. The van der Waals surface area contributed by atoms with Gasteiger partial charge in [0.05, 0.1) is 6.20 Å². The van der Waals surface area contributed by atoms with Crippen molar-refractivity contribution in [3.05, 3.63) is 41.7 Å². The van der Waals surface area contributed by atoms with Crippen LogP contribution in [0.15, 0.2) is 30.5 Å². The molecule has 0 atom stereocenters. The number of carbonyl (C=O) groups is 2. The number of hydrogen-bond acceptors (Lipinski definition) is 5. The summed E-state index contributed by atoms with van der Waals surface area (Å²) in [4.78, 5) is 28.2. The second-order valence-electron chi connectivity index (χ2n) is 6.63. The maximum Gasteiger partial charge on any atom is 0.273 e. The monoisotopic (exact) mass is 356 g/mol. The molecule has 138 valence electrons. The van der Waals surface area contributed by atoms with Gasteiger partial charge in [-0.15, -0.1) is 5.10 Å². The zero-order chi connectivity index (χ0) is 18.5. The van der Waals surface area contributed by atoms with E-state index >= 15 is 0 Å². The molecule has 2 heterocycles. The first-order chi connectivity index (χ1) is 12.5. The molecule has 2 amide bonds. The number of carbonyl (C=O) groups excluding carboxylic acids is 2. The van der Waals surface area contributed by atoms with E-state index in [4.69, 9.17) is 0 Å². The third-order valence-electron chi connectivity index (χ3n) is 4.43. The zero-order valence-corrected chi connectivity index (χ0v) is 15.2. The number of benzene rings is 1. The maximum atomic E-state index is 12.2. The fourth-order valence-corrected chi connectivity index (χ4v) is 2.87. The average Bonchev–Trinajstić information content (AvgIpc) is 3.32. The number of aromatic nitrogens is 3. The molecule has 3 rings (SSSR count). The predicted octanol–water partition coefficient (Wildman–Crippen LogP) is 0.897. The summed E-state index contributed by atoms with van der Waals surface area (Å²) in [6.45, 7) is 2.12. The van der Waals surface area contributed by atoms with Gasteiger partial charge in [-0.3, -0.25) is 9.59 Å². The number of nitrogens with zero attached hydrogens (tertiary/aromatic N) is 5. The van der Waals surface area contributed by atoms with Crippen molar-refractivity contribution in [2.24, 2.45) is 0 Å². The highest BCUT2D eigenvalue weighted by Crippen LogP contribution is 2.12. The molecule has 0 aliphatic carbocycles. The summed E-state index contributed by atoms with van der Waals surface area (Å²) in [5.74, 6) is -0.290. The summed E-state index contributed by atoms with van der Waals surface area (Å²) in [5.41, 5.74) is 2.32. The van der Waals surface area contributed by atoms with Crippen LogP contribution < -0.4 is 10.2 Å². The minimum Gasteiger partial charge on any atom is -0.378 e. The molecule has 26 heavy (non-hydrogen) atoms. The van der Waals surface area contributed by atoms with Crippen molar-refractivity contribution in [1.29, 1.82) is 0 Å². The van der Waals surface area contributed by atoms with Crippen LogP contribution in [-0.2, 0) is 17.9 Å². The smallest absolute Gasteiger partial charge is 0.273 e. The van der Waals surface area contributed by atoms with Crippen molar-refractivity contribution < 1.29 is 9.59 Å². The molecule has 1 N–H and O–H groups in total. The highest BCUT2D eigenvalue weighted by atomic mass is 16.2. The number of amides is 2. The Hall–Kier alpha value is -2.90. The quantitative estimate of drug-likeness (QED) is 0.831. The lowest BCUT2D eigenvalue weighted by atomic mass is 10.2. The van der Waals surface area contributed by atoms with Gasteiger partial charge < -0.3 is 15.1 Å². The van der Waals surface area contributed by atoms with Crippen LogP contribution in [0.1, 0.15) is 28.9 Å². The molecule has 0 bridgehead atoms. The second kappa shape index (κ2) is 7.99. The van der Waals surface area contributed by atoms with Gasteiger partial charge in [0.2, 0.25) is 5.91 Å². The molecule has 1 aliphatic rings. The van der Waals surface area contributed by atoms with Crippen LogP contribution >= 0.6 is 0 Å². The molecule has 0 radical (unpaired) electrons. The number of anilines is 1. The summed E-state index contributed by atoms with van der Waals surface area (Å²) in [6, 6.07) is 7.95. The topological polar surface area (TPSA) is 83.4 Å². The van der Waals surface area contributed by atoms with Gasteiger partial charge in [-0.1, -0.05) is 17.3 Å². The number of nitrogens with one attached hydrogen (secondary N) is 1. The molecule has 8 heteroatoms. The van der Waals surface area contributed by atoms with Crippen molar-refractivity contribution in [2.45, 2.75) is 25.9 Å². The third kappa shape index (κ3) is 4.38.